The lowest BCUT2D eigenvalue weighted by Crippen LogP contribution is -2.01. The Morgan fingerprint density at radius 3 is 2.75 bits per heavy atom. The number of rotatable bonds is 4. The normalized spacial score (nSPS) is 10.3. The first-order valence-corrected chi connectivity index (χ1v) is 6.68. The summed E-state index contributed by atoms with van der Waals surface area (Å²) in [7, 11) is 0. The Kier molecular flexibility index (Phi) is 4.39. The van der Waals surface area contributed by atoms with Gasteiger partial charge in [-0.05, 0) is 30.7 Å². The van der Waals surface area contributed by atoms with E-state index in [-0.39, 0.29) is 23.7 Å². The highest BCUT2D eigenvalue weighted by atomic mass is 79.9. The van der Waals surface area contributed by atoms with Crippen LogP contribution in [0.5, 0.6) is 5.75 Å². The van der Waals surface area contributed by atoms with Gasteiger partial charge in [0.2, 0.25) is 0 Å². The van der Waals surface area contributed by atoms with Crippen LogP contribution in [-0.4, -0.2) is 11.1 Å². The maximum Gasteiger partial charge on any atom is 0.335 e. The van der Waals surface area contributed by atoms with Crippen LogP contribution < -0.4 is 4.74 Å². The van der Waals surface area contributed by atoms with Crippen LogP contribution >= 0.6 is 15.9 Å². The number of ether oxygens (including phenoxy) is 1. The standard InChI is InChI=1S/C15H12BrFO3/c1-9-3-2-4-13(14(9)17)20-8-11-6-5-10(15(18)19)7-12(11)16/h2-7H,8H2,1H3,(H,18,19). The van der Waals surface area contributed by atoms with Gasteiger partial charge in [0.25, 0.3) is 0 Å². The van der Waals surface area contributed by atoms with Crippen molar-refractivity contribution >= 4 is 21.9 Å². The Balaban J connectivity index is 2.15. The molecule has 0 heterocycles. The van der Waals surface area contributed by atoms with Crippen LogP contribution in [0, 0.1) is 12.7 Å². The highest BCUT2D eigenvalue weighted by Gasteiger charge is 2.09. The lowest BCUT2D eigenvalue weighted by atomic mass is 10.1. The van der Waals surface area contributed by atoms with Crippen molar-refractivity contribution in [3.05, 3.63) is 63.4 Å². The van der Waals surface area contributed by atoms with E-state index in [1.54, 1.807) is 31.2 Å². The molecule has 0 aromatic heterocycles. The summed E-state index contributed by atoms with van der Waals surface area (Å²) in [5, 5.41) is 8.87. The molecule has 0 amide bonds. The van der Waals surface area contributed by atoms with Gasteiger partial charge in [-0.25, -0.2) is 9.18 Å². The van der Waals surface area contributed by atoms with E-state index < -0.39 is 5.97 Å². The average molecular weight is 339 g/mol. The van der Waals surface area contributed by atoms with Crippen molar-refractivity contribution in [1.29, 1.82) is 0 Å². The van der Waals surface area contributed by atoms with Gasteiger partial charge < -0.3 is 9.84 Å². The Bertz CT molecular complexity index is 656. The van der Waals surface area contributed by atoms with Crippen molar-refractivity contribution in [2.24, 2.45) is 0 Å². The molecule has 0 bridgehead atoms. The number of hydrogen-bond donors (Lipinski definition) is 1. The quantitative estimate of drug-likeness (QED) is 0.909. The molecule has 0 fully saturated rings. The number of carboxylic acid groups (broad SMARTS) is 1. The van der Waals surface area contributed by atoms with E-state index in [1.807, 2.05) is 0 Å². The van der Waals surface area contributed by atoms with E-state index in [9.17, 15) is 9.18 Å². The minimum absolute atomic E-state index is 0.154. The predicted octanol–water partition coefficient (Wildman–Crippen LogP) is 4.17. The summed E-state index contributed by atoms with van der Waals surface area (Å²) in [6.45, 7) is 1.82. The lowest BCUT2D eigenvalue weighted by Gasteiger charge is -2.10. The van der Waals surface area contributed by atoms with Gasteiger partial charge in [-0.3, -0.25) is 0 Å². The largest absolute Gasteiger partial charge is 0.486 e. The summed E-state index contributed by atoms with van der Waals surface area (Å²) in [6.07, 6.45) is 0. The molecule has 1 N–H and O–H groups in total. The summed E-state index contributed by atoms with van der Waals surface area (Å²) in [5.41, 5.74) is 1.45. The first-order chi connectivity index (χ1) is 9.49. The summed E-state index contributed by atoms with van der Waals surface area (Å²) in [4.78, 5) is 10.8. The molecular weight excluding hydrogens is 327 g/mol. The van der Waals surface area contributed by atoms with Crippen LogP contribution in [0.4, 0.5) is 4.39 Å². The lowest BCUT2D eigenvalue weighted by molar-refractivity contribution is 0.0696. The third-order valence-corrected chi connectivity index (χ3v) is 3.58. The van der Waals surface area contributed by atoms with Gasteiger partial charge >= 0.3 is 5.97 Å². The number of halogens is 2. The number of carbonyl (C=O) groups is 1. The number of aromatic carboxylic acids is 1. The molecule has 0 unspecified atom stereocenters. The summed E-state index contributed by atoms with van der Waals surface area (Å²) in [6, 6.07) is 9.56. The fraction of sp³-hybridized carbons (Fsp3) is 0.133. The van der Waals surface area contributed by atoms with E-state index in [0.717, 1.165) is 5.56 Å². The molecule has 5 heteroatoms. The van der Waals surface area contributed by atoms with E-state index >= 15 is 0 Å². The number of aryl methyl sites for hydroxylation is 1. The number of benzene rings is 2. The fourth-order valence-corrected chi connectivity index (χ4v) is 2.18. The second-order valence-corrected chi connectivity index (χ2v) is 5.14. The molecule has 0 saturated heterocycles. The van der Waals surface area contributed by atoms with Gasteiger partial charge in [0.1, 0.15) is 6.61 Å². The van der Waals surface area contributed by atoms with E-state index in [4.69, 9.17) is 9.84 Å². The minimum Gasteiger partial charge on any atom is -0.486 e. The first-order valence-electron chi connectivity index (χ1n) is 5.88. The maximum absolute atomic E-state index is 13.8. The maximum atomic E-state index is 13.8. The van der Waals surface area contributed by atoms with E-state index in [2.05, 4.69) is 15.9 Å². The highest BCUT2D eigenvalue weighted by molar-refractivity contribution is 9.10. The van der Waals surface area contributed by atoms with Gasteiger partial charge in [-0.2, -0.15) is 0 Å². The average Bonchev–Trinajstić information content (AvgIpc) is 2.41. The molecule has 0 aliphatic heterocycles. The van der Waals surface area contributed by atoms with Crippen LogP contribution in [0.1, 0.15) is 21.5 Å². The fourth-order valence-electron chi connectivity index (χ4n) is 1.68. The van der Waals surface area contributed by atoms with Crippen LogP contribution in [0.15, 0.2) is 40.9 Å². The zero-order valence-corrected chi connectivity index (χ0v) is 12.3. The molecule has 0 saturated carbocycles. The topological polar surface area (TPSA) is 46.5 Å². The molecule has 0 aliphatic rings. The third-order valence-electron chi connectivity index (χ3n) is 2.84. The highest BCUT2D eigenvalue weighted by Crippen LogP contribution is 2.24. The Labute approximate surface area is 124 Å². The number of carboxylic acids is 1. The first kappa shape index (κ1) is 14.5. The van der Waals surface area contributed by atoms with Gasteiger partial charge in [0.05, 0.1) is 5.56 Å². The van der Waals surface area contributed by atoms with Crippen molar-refractivity contribution in [2.45, 2.75) is 13.5 Å². The molecule has 2 aromatic rings. The Hall–Kier alpha value is -1.88. The minimum atomic E-state index is -0.997. The molecule has 2 aromatic carbocycles. The summed E-state index contributed by atoms with van der Waals surface area (Å²) >= 11 is 3.28. The van der Waals surface area contributed by atoms with Crippen LogP contribution in [0.3, 0.4) is 0 Å². The van der Waals surface area contributed by atoms with Crippen molar-refractivity contribution in [1.82, 2.24) is 0 Å². The van der Waals surface area contributed by atoms with Crippen LogP contribution in [0.2, 0.25) is 0 Å². The smallest absolute Gasteiger partial charge is 0.335 e. The SMILES string of the molecule is Cc1cccc(OCc2ccc(C(=O)O)cc2Br)c1F. The molecule has 0 atom stereocenters. The molecule has 0 aliphatic carbocycles. The Morgan fingerprint density at radius 1 is 1.35 bits per heavy atom. The zero-order chi connectivity index (χ0) is 14.7. The monoisotopic (exact) mass is 338 g/mol. The van der Waals surface area contributed by atoms with Gasteiger partial charge in [-0.1, -0.05) is 34.1 Å². The summed E-state index contributed by atoms with van der Waals surface area (Å²) < 4.78 is 19.8. The molecule has 3 nitrogen and oxygen atoms in total. The van der Waals surface area contributed by atoms with Crippen molar-refractivity contribution in [2.75, 3.05) is 0 Å². The van der Waals surface area contributed by atoms with Gasteiger partial charge in [0, 0.05) is 10.0 Å². The van der Waals surface area contributed by atoms with E-state index in [0.29, 0.717) is 10.0 Å². The second-order valence-electron chi connectivity index (χ2n) is 4.29. The zero-order valence-electron chi connectivity index (χ0n) is 10.7. The van der Waals surface area contributed by atoms with E-state index in [1.165, 1.54) is 12.1 Å². The Morgan fingerprint density at radius 2 is 2.10 bits per heavy atom. The second kappa shape index (κ2) is 6.05. The van der Waals surface area contributed by atoms with Crippen molar-refractivity contribution in [3.8, 4) is 5.75 Å². The molecule has 2 rings (SSSR count). The molecule has 0 spiro atoms. The van der Waals surface area contributed by atoms with Gasteiger partial charge in [-0.15, -0.1) is 0 Å². The van der Waals surface area contributed by atoms with Crippen LogP contribution in [-0.2, 0) is 6.61 Å². The van der Waals surface area contributed by atoms with Crippen molar-refractivity contribution < 1.29 is 19.0 Å². The predicted molar refractivity (Wildman–Crippen MR) is 76.6 cm³/mol. The number of hydrogen-bond acceptors (Lipinski definition) is 2. The molecule has 0 radical (unpaired) electrons. The van der Waals surface area contributed by atoms with Crippen LogP contribution in [0.25, 0.3) is 0 Å². The molecular formula is C15H12BrFO3. The molecule has 20 heavy (non-hydrogen) atoms. The third kappa shape index (κ3) is 3.17. The van der Waals surface area contributed by atoms with Gasteiger partial charge in [0.15, 0.2) is 11.6 Å². The summed E-state index contributed by atoms with van der Waals surface area (Å²) in [5.74, 6) is -1.20. The van der Waals surface area contributed by atoms with Crippen molar-refractivity contribution in [3.63, 3.8) is 0 Å². The molecule has 104 valence electrons.